The van der Waals surface area contributed by atoms with Crippen molar-refractivity contribution < 1.29 is 9.47 Å². The first-order valence-corrected chi connectivity index (χ1v) is 3.64. The molecule has 3 heteroatoms. The second kappa shape index (κ2) is 8.27. The maximum absolute atomic E-state index is 5.02. The quantitative estimate of drug-likeness (QED) is 0.421. The third-order valence-corrected chi connectivity index (χ3v) is 1.17. The zero-order chi connectivity index (χ0) is 6.95. The number of hydrogen-bond acceptors (Lipinski definition) is 2. The lowest BCUT2D eigenvalue weighted by atomic mass is 10.4. The van der Waals surface area contributed by atoms with Gasteiger partial charge in [-0.3, -0.25) is 0 Å². The highest BCUT2D eigenvalue weighted by Gasteiger charge is 1.85. The van der Waals surface area contributed by atoms with E-state index in [1.165, 1.54) is 0 Å². The molecule has 0 rings (SSSR count). The van der Waals surface area contributed by atoms with Crippen LogP contribution in [0.25, 0.3) is 0 Å². The van der Waals surface area contributed by atoms with Gasteiger partial charge in [0.15, 0.2) is 0 Å². The Balaban J connectivity index is 2.60. The number of hydrogen-bond donors (Lipinski definition) is 0. The van der Waals surface area contributed by atoms with Gasteiger partial charge >= 0.3 is 0 Å². The van der Waals surface area contributed by atoms with E-state index in [0.717, 1.165) is 25.2 Å². The van der Waals surface area contributed by atoms with Crippen LogP contribution >= 0.6 is 12.6 Å². The summed E-state index contributed by atoms with van der Waals surface area (Å²) >= 11 is 4.74. The van der Waals surface area contributed by atoms with Gasteiger partial charge in [0.05, 0.1) is 0 Å². The van der Waals surface area contributed by atoms with Crippen LogP contribution in [0.1, 0.15) is 12.8 Å². The Morgan fingerprint density at radius 3 is 2.67 bits per heavy atom. The van der Waals surface area contributed by atoms with Crippen molar-refractivity contribution >= 4 is 12.6 Å². The molecule has 1 radical (unpaired) electrons. The number of rotatable bonds is 6. The Labute approximate surface area is 61.9 Å². The number of methoxy groups -OCH3 is 1. The fraction of sp³-hybridized carbons (Fsp3) is 1.00. The van der Waals surface area contributed by atoms with E-state index in [-0.39, 0.29) is 0 Å². The summed E-state index contributed by atoms with van der Waals surface area (Å²) in [6, 6.07) is 0. The van der Waals surface area contributed by atoms with Crippen molar-refractivity contribution in [3.63, 3.8) is 0 Å². The topological polar surface area (TPSA) is 18.5 Å². The van der Waals surface area contributed by atoms with Crippen molar-refractivity contribution in [2.24, 2.45) is 0 Å². The Kier molecular flexibility index (Phi) is 8.52. The molecule has 0 aliphatic heterocycles. The van der Waals surface area contributed by atoms with E-state index in [1.54, 1.807) is 7.11 Å². The molecule has 0 unspecified atom stereocenters. The maximum atomic E-state index is 5.02. The van der Waals surface area contributed by atoms with Gasteiger partial charge in [-0.05, 0) is 12.8 Å². The molecule has 0 saturated carbocycles. The van der Waals surface area contributed by atoms with Gasteiger partial charge in [-0.2, -0.15) is 0 Å². The lowest BCUT2D eigenvalue weighted by Gasteiger charge is -1.99. The zero-order valence-corrected chi connectivity index (χ0v) is 6.58. The first kappa shape index (κ1) is 9.27. The molecule has 0 aromatic carbocycles. The van der Waals surface area contributed by atoms with E-state index in [1.807, 2.05) is 0 Å². The first-order chi connectivity index (χ1) is 4.41. The SMILES string of the molecule is COCOCCCC[S]. The van der Waals surface area contributed by atoms with Crippen LogP contribution in [0.2, 0.25) is 0 Å². The molecule has 9 heavy (non-hydrogen) atoms. The highest BCUT2D eigenvalue weighted by molar-refractivity contribution is 7.80. The fourth-order valence-corrected chi connectivity index (χ4v) is 0.653. The zero-order valence-electron chi connectivity index (χ0n) is 5.76. The second-order valence-electron chi connectivity index (χ2n) is 1.73. The van der Waals surface area contributed by atoms with Crippen molar-refractivity contribution in [3.8, 4) is 0 Å². The summed E-state index contributed by atoms with van der Waals surface area (Å²) < 4.78 is 9.69. The summed E-state index contributed by atoms with van der Waals surface area (Å²) in [6.45, 7) is 1.17. The molecule has 0 amide bonds. The minimum atomic E-state index is 0.400. The van der Waals surface area contributed by atoms with Crippen LogP contribution in [0, 0.1) is 0 Å². The fourth-order valence-electron chi connectivity index (χ4n) is 0.448. The van der Waals surface area contributed by atoms with Crippen molar-refractivity contribution in [1.29, 1.82) is 0 Å². The predicted molar refractivity (Wildman–Crippen MR) is 39.5 cm³/mol. The lowest BCUT2D eigenvalue weighted by Crippen LogP contribution is -1.98. The predicted octanol–water partition coefficient (Wildman–Crippen LogP) is 1.58. The van der Waals surface area contributed by atoms with Crippen LogP contribution in [0.4, 0.5) is 0 Å². The molecule has 0 bridgehead atoms. The standard InChI is InChI=1S/C6H13O2S/c1-7-6-8-4-2-3-5-9/h2-6H2,1H3. The van der Waals surface area contributed by atoms with Gasteiger partial charge in [0.25, 0.3) is 0 Å². The molecule has 0 atom stereocenters. The molecule has 0 aliphatic rings. The van der Waals surface area contributed by atoms with Crippen molar-refractivity contribution in [2.45, 2.75) is 12.8 Å². The molecular formula is C6H13O2S. The summed E-state index contributed by atoms with van der Waals surface area (Å²) in [6.07, 6.45) is 2.12. The lowest BCUT2D eigenvalue weighted by molar-refractivity contribution is -0.0311. The molecule has 0 N–H and O–H groups in total. The Morgan fingerprint density at radius 2 is 2.11 bits per heavy atom. The molecular weight excluding hydrogens is 136 g/mol. The van der Waals surface area contributed by atoms with Crippen LogP contribution in [-0.4, -0.2) is 26.3 Å². The van der Waals surface area contributed by atoms with E-state index in [4.69, 9.17) is 17.4 Å². The van der Waals surface area contributed by atoms with Gasteiger partial charge in [0.2, 0.25) is 0 Å². The monoisotopic (exact) mass is 149 g/mol. The van der Waals surface area contributed by atoms with Crippen LogP contribution < -0.4 is 0 Å². The van der Waals surface area contributed by atoms with Crippen LogP contribution in [0.15, 0.2) is 0 Å². The molecule has 55 valence electrons. The Morgan fingerprint density at radius 1 is 1.33 bits per heavy atom. The first-order valence-electron chi connectivity index (χ1n) is 3.06. The highest BCUT2D eigenvalue weighted by atomic mass is 32.1. The molecule has 0 aliphatic carbocycles. The van der Waals surface area contributed by atoms with Crippen molar-refractivity contribution in [2.75, 3.05) is 26.3 Å². The average molecular weight is 149 g/mol. The molecule has 0 fully saturated rings. The van der Waals surface area contributed by atoms with Gasteiger partial charge in [0, 0.05) is 19.5 Å². The molecule has 0 spiro atoms. The van der Waals surface area contributed by atoms with Crippen molar-refractivity contribution in [1.82, 2.24) is 0 Å². The minimum Gasteiger partial charge on any atom is -0.359 e. The van der Waals surface area contributed by atoms with E-state index < -0.39 is 0 Å². The number of ether oxygens (including phenoxy) is 2. The third kappa shape index (κ3) is 8.27. The van der Waals surface area contributed by atoms with Gasteiger partial charge in [-0.25, -0.2) is 0 Å². The van der Waals surface area contributed by atoms with E-state index in [9.17, 15) is 0 Å². The maximum Gasteiger partial charge on any atom is 0.146 e. The van der Waals surface area contributed by atoms with Gasteiger partial charge < -0.3 is 9.47 Å². The molecule has 0 aromatic heterocycles. The molecule has 0 saturated heterocycles. The van der Waals surface area contributed by atoms with Crippen LogP contribution in [-0.2, 0) is 9.47 Å². The second-order valence-corrected chi connectivity index (χ2v) is 2.13. The normalized spacial score (nSPS) is 10.0. The summed E-state index contributed by atoms with van der Waals surface area (Å²) in [5.74, 6) is 0.830. The number of unbranched alkanes of at least 4 members (excludes halogenated alkanes) is 1. The van der Waals surface area contributed by atoms with Crippen molar-refractivity contribution in [3.05, 3.63) is 0 Å². The molecule has 2 nitrogen and oxygen atoms in total. The summed E-state index contributed by atoms with van der Waals surface area (Å²) in [7, 11) is 1.62. The van der Waals surface area contributed by atoms with E-state index in [2.05, 4.69) is 4.74 Å². The van der Waals surface area contributed by atoms with E-state index in [0.29, 0.717) is 6.79 Å². The largest absolute Gasteiger partial charge is 0.359 e. The third-order valence-electron chi connectivity index (χ3n) is 0.884. The van der Waals surface area contributed by atoms with Gasteiger partial charge in [0.1, 0.15) is 6.79 Å². The Bertz CT molecular complexity index is 44.3. The van der Waals surface area contributed by atoms with E-state index >= 15 is 0 Å². The van der Waals surface area contributed by atoms with Gasteiger partial charge in [-0.1, -0.05) is 12.6 Å². The minimum absolute atomic E-state index is 0.400. The molecule has 0 heterocycles. The average Bonchev–Trinajstić information content (AvgIpc) is 1.89. The molecule has 0 aromatic rings. The summed E-state index contributed by atoms with van der Waals surface area (Å²) in [4.78, 5) is 0. The smallest absolute Gasteiger partial charge is 0.146 e. The highest BCUT2D eigenvalue weighted by Crippen LogP contribution is 1.91. The Hall–Kier alpha value is 0.270. The summed E-state index contributed by atoms with van der Waals surface area (Å²) in [5.41, 5.74) is 0. The van der Waals surface area contributed by atoms with Gasteiger partial charge in [-0.15, -0.1) is 0 Å². The van der Waals surface area contributed by atoms with Crippen LogP contribution in [0.5, 0.6) is 0 Å². The summed E-state index contributed by atoms with van der Waals surface area (Å²) in [5, 5.41) is 0. The van der Waals surface area contributed by atoms with Crippen LogP contribution in [0.3, 0.4) is 0 Å².